The maximum Gasteiger partial charge on any atom is 0.153 e. The lowest BCUT2D eigenvalue weighted by Gasteiger charge is -2.05. The molecule has 2 rings (SSSR count). The van der Waals surface area contributed by atoms with Crippen molar-refractivity contribution in [2.45, 2.75) is 0 Å². The molecule has 0 bridgehead atoms. The van der Waals surface area contributed by atoms with Crippen LogP contribution in [0.5, 0.6) is 0 Å². The number of benzene rings is 1. The number of aromatic nitrogens is 2. The van der Waals surface area contributed by atoms with Crippen LogP contribution in [0.15, 0.2) is 28.9 Å². The van der Waals surface area contributed by atoms with Gasteiger partial charge in [-0.3, -0.25) is 9.48 Å². The summed E-state index contributed by atoms with van der Waals surface area (Å²) in [5.74, 6) is -0.380. The van der Waals surface area contributed by atoms with Gasteiger partial charge in [0, 0.05) is 17.1 Å². The zero-order valence-electron chi connectivity index (χ0n) is 8.45. The molecule has 0 spiro atoms. The molecule has 0 radical (unpaired) electrons. The number of carbonyl (C=O) groups is 1. The number of hydrogen-bond donors (Lipinski definition) is 0. The quantitative estimate of drug-likeness (QED) is 0.794. The highest BCUT2D eigenvalue weighted by Crippen LogP contribution is 2.27. The van der Waals surface area contributed by atoms with Crippen LogP contribution in [0.3, 0.4) is 0 Å². The average Bonchev–Trinajstić information content (AvgIpc) is 2.63. The Morgan fingerprint density at radius 1 is 1.50 bits per heavy atom. The summed E-state index contributed by atoms with van der Waals surface area (Å²) in [5, 5.41) is 3.94. The molecule has 3 nitrogen and oxygen atoms in total. The molecule has 0 saturated carbocycles. The predicted octanol–water partition coefficient (Wildman–Crippen LogP) is 2.80. The predicted molar refractivity (Wildman–Crippen MR) is 61.7 cm³/mol. The molecule has 1 heterocycles. The summed E-state index contributed by atoms with van der Waals surface area (Å²) in [7, 11) is 1.67. The Bertz CT molecular complexity index is 551. The van der Waals surface area contributed by atoms with Gasteiger partial charge in [-0.25, -0.2) is 4.39 Å². The highest BCUT2D eigenvalue weighted by Gasteiger charge is 2.14. The lowest BCUT2D eigenvalue weighted by molar-refractivity contribution is 0.112. The molecular formula is C11H8BrFN2O. The first-order valence-electron chi connectivity index (χ1n) is 4.56. The van der Waals surface area contributed by atoms with Crippen LogP contribution in [0, 0.1) is 5.82 Å². The Balaban J connectivity index is 2.70. The number of hydrogen-bond acceptors (Lipinski definition) is 2. The molecule has 1 aromatic heterocycles. The highest BCUT2D eigenvalue weighted by atomic mass is 79.9. The Hall–Kier alpha value is -1.49. The second kappa shape index (κ2) is 4.17. The minimum atomic E-state index is -0.380. The average molecular weight is 283 g/mol. The zero-order chi connectivity index (χ0) is 11.7. The lowest BCUT2D eigenvalue weighted by atomic mass is 10.1. The Morgan fingerprint density at radius 2 is 2.25 bits per heavy atom. The summed E-state index contributed by atoms with van der Waals surface area (Å²) in [6.07, 6.45) is 2.09. The maximum atomic E-state index is 13.7. The maximum absolute atomic E-state index is 13.7. The molecule has 16 heavy (non-hydrogen) atoms. The smallest absolute Gasteiger partial charge is 0.153 e. The van der Waals surface area contributed by atoms with Crippen molar-refractivity contribution in [3.8, 4) is 11.3 Å². The van der Waals surface area contributed by atoms with Crippen molar-refractivity contribution < 1.29 is 9.18 Å². The van der Waals surface area contributed by atoms with Crippen LogP contribution in [0.2, 0.25) is 0 Å². The van der Waals surface area contributed by atoms with Gasteiger partial charge in [-0.1, -0.05) is 15.9 Å². The monoisotopic (exact) mass is 282 g/mol. The molecule has 0 aliphatic rings. The van der Waals surface area contributed by atoms with E-state index >= 15 is 0 Å². The van der Waals surface area contributed by atoms with E-state index in [1.165, 1.54) is 16.9 Å². The van der Waals surface area contributed by atoms with E-state index in [9.17, 15) is 9.18 Å². The van der Waals surface area contributed by atoms with E-state index in [0.717, 1.165) is 4.47 Å². The standard InChI is InChI=1S/C11H8BrFN2O/c1-15-11(7(6-16)5-14-15)9-4-8(12)2-3-10(9)13/h2-6H,1H3. The summed E-state index contributed by atoms with van der Waals surface area (Å²) in [4.78, 5) is 10.8. The van der Waals surface area contributed by atoms with E-state index in [1.807, 2.05) is 0 Å². The number of aldehydes is 1. The Labute approximate surface area is 100 Å². The van der Waals surface area contributed by atoms with Crippen LogP contribution in [0.4, 0.5) is 4.39 Å². The molecule has 0 N–H and O–H groups in total. The minimum Gasteiger partial charge on any atom is -0.298 e. The number of rotatable bonds is 2. The van der Waals surface area contributed by atoms with Crippen LogP contribution >= 0.6 is 15.9 Å². The van der Waals surface area contributed by atoms with Gasteiger partial charge < -0.3 is 0 Å². The third-order valence-corrected chi connectivity index (χ3v) is 2.77. The van der Waals surface area contributed by atoms with Crippen LogP contribution in [0.25, 0.3) is 11.3 Å². The molecule has 2 aromatic rings. The fourth-order valence-electron chi connectivity index (χ4n) is 1.55. The summed E-state index contributed by atoms with van der Waals surface area (Å²) in [6.45, 7) is 0. The largest absolute Gasteiger partial charge is 0.298 e. The Kier molecular flexibility index (Phi) is 2.87. The molecule has 0 aliphatic heterocycles. The Morgan fingerprint density at radius 3 is 2.94 bits per heavy atom. The fraction of sp³-hybridized carbons (Fsp3) is 0.0909. The molecule has 0 aliphatic carbocycles. The molecule has 0 saturated heterocycles. The second-order valence-electron chi connectivity index (χ2n) is 3.31. The summed E-state index contributed by atoms with van der Waals surface area (Å²) < 4.78 is 15.9. The second-order valence-corrected chi connectivity index (χ2v) is 4.23. The van der Waals surface area contributed by atoms with Gasteiger partial charge in [-0.05, 0) is 18.2 Å². The van der Waals surface area contributed by atoms with Crippen molar-refractivity contribution in [3.05, 3.63) is 40.2 Å². The number of carbonyl (C=O) groups excluding carboxylic acids is 1. The molecule has 82 valence electrons. The SMILES string of the molecule is Cn1ncc(C=O)c1-c1cc(Br)ccc1F. The minimum absolute atomic E-state index is 0.358. The van der Waals surface area contributed by atoms with Gasteiger partial charge in [0.05, 0.1) is 17.5 Å². The first-order valence-corrected chi connectivity index (χ1v) is 5.35. The van der Waals surface area contributed by atoms with E-state index in [1.54, 1.807) is 19.2 Å². The first kappa shape index (κ1) is 11.0. The van der Waals surface area contributed by atoms with Gasteiger partial charge in [0.2, 0.25) is 0 Å². The molecule has 0 unspecified atom stereocenters. The molecule has 0 atom stereocenters. The molecular weight excluding hydrogens is 275 g/mol. The van der Waals surface area contributed by atoms with Crippen LogP contribution in [0.1, 0.15) is 10.4 Å². The van der Waals surface area contributed by atoms with Crippen molar-refractivity contribution in [2.24, 2.45) is 7.05 Å². The van der Waals surface area contributed by atoms with Gasteiger partial charge >= 0.3 is 0 Å². The molecule has 0 fully saturated rings. The van der Waals surface area contributed by atoms with Crippen LogP contribution in [-0.2, 0) is 7.05 Å². The van der Waals surface area contributed by atoms with Crippen molar-refractivity contribution in [1.82, 2.24) is 9.78 Å². The van der Waals surface area contributed by atoms with Crippen molar-refractivity contribution in [3.63, 3.8) is 0 Å². The van der Waals surface area contributed by atoms with E-state index in [2.05, 4.69) is 21.0 Å². The normalized spacial score (nSPS) is 10.4. The molecule has 5 heteroatoms. The zero-order valence-corrected chi connectivity index (χ0v) is 10.0. The summed E-state index contributed by atoms with van der Waals surface area (Å²) >= 11 is 3.27. The molecule has 0 amide bonds. The highest BCUT2D eigenvalue weighted by molar-refractivity contribution is 9.10. The summed E-state index contributed by atoms with van der Waals surface area (Å²) in [6, 6.07) is 4.58. The van der Waals surface area contributed by atoms with E-state index < -0.39 is 0 Å². The van der Waals surface area contributed by atoms with Gasteiger partial charge in [-0.2, -0.15) is 5.10 Å². The van der Waals surface area contributed by atoms with E-state index in [4.69, 9.17) is 0 Å². The first-order chi connectivity index (χ1) is 7.63. The van der Waals surface area contributed by atoms with Crippen molar-refractivity contribution >= 4 is 22.2 Å². The third kappa shape index (κ3) is 1.78. The number of halogens is 2. The van der Waals surface area contributed by atoms with Crippen LogP contribution in [-0.4, -0.2) is 16.1 Å². The molecule has 1 aromatic carbocycles. The van der Waals surface area contributed by atoms with Gasteiger partial charge in [-0.15, -0.1) is 0 Å². The van der Waals surface area contributed by atoms with Crippen LogP contribution < -0.4 is 0 Å². The van der Waals surface area contributed by atoms with Gasteiger partial charge in [0.15, 0.2) is 6.29 Å². The number of nitrogens with zero attached hydrogens (tertiary/aromatic N) is 2. The topological polar surface area (TPSA) is 34.9 Å². The van der Waals surface area contributed by atoms with E-state index in [-0.39, 0.29) is 5.82 Å². The number of aryl methyl sites for hydroxylation is 1. The van der Waals surface area contributed by atoms with Crippen molar-refractivity contribution in [1.29, 1.82) is 0 Å². The van der Waals surface area contributed by atoms with Crippen molar-refractivity contribution in [2.75, 3.05) is 0 Å². The van der Waals surface area contributed by atoms with E-state index in [0.29, 0.717) is 23.1 Å². The van der Waals surface area contributed by atoms with Gasteiger partial charge in [0.25, 0.3) is 0 Å². The fourth-order valence-corrected chi connectivity index (χ4v) is 1.91. The summed E-state index contributed by atoms with van der Waals surface area (Å²) in [5.41, 5.74) is 1.21. The lowest BCUT2D eigenvalue weighted by Crippen LogP contribution is -1.97. The van der Waals surface area contributed by atoms with Gasteiger partial charge in [0.1, 0.15) is 5.82 Å². The third-order valence-electron chi connectivity index (χ3n) is 2.28.